The Labute approximate surface area is 198 Å². The minimum absolute atomic E-state index is 0.0993. The van der Waals surface area contributed by atoms with Gasteiger partial charge >= 0.3 is 0 Å². The van der Waals surface area contributed by atoms with E-state index >= 15 is 0 Å². The van der Waals surface area contributed by atoms with Crippen LogP contribution in [0, 0.1) is 5.92 Å². The van der Waals surface area contributed by atoms with E-state index in [0.29, 0.717) is 23.0 Å². The van der Waals surface area contributed by atoms with Crippen molar-refractivity contribution in [3.63, 3.8) is 0 Å². The average molecular weight is 465 g/mol. The molecule has 0 spiro atoms. The largest absolute Gasteiger partial charge is 0.497 e. The quantitative estimate of drug-likeness (QED) is 0.551. The van der Waals surface area contributed by atoms with E-state index in [-0.39, 0.29) is 24.8 Å². The molecule has 1 aliphatic rings. The van der Waals surface area contributed by atoms with Gasteiger partial charge in [-0.2, -0.15) is 0 Å². The van der Waals surface area contributed by atoms with E-state index in [2.05, 4.69) is 10.3 Å². The lowest BCUT2D eigenvalue weighted by Crippen LogP contribution is -2.37. The minimum Gasteiger partial charge on any atom is -0.497 e. The summed E-state index contributed by atoms with van der Waals surface area (Å²) in [6, 6.07) is 12.2. The maximum Gasteiger partial charge on any atom is 0.227 e. The number of aromatic nitrogens is 2. The Bertz CT molecular complexity index is 1170. The fourth-order valence-electron chi connectivity index (χ4n) is 4.13. The van der Waals surface area contributed by atoms with Crippen LogP contribution in [0.3, 0.4) is 0 Å². The molecule has 0 saturated carbocycles. The molecule has 4 rings (SSSR count). The number of hydrogen-bond donors (Lipinski definition) is 1. The van der Waals surface area contributed by atoms with Crippen molar-refractivity contribution in [3.05, 3.63) is 66.2 Å². The summed E-state index contributed by atoms with van der Waals surface area (Å²) in [4.78, 5) is 32.3. The Morgan fingerprint density at radius 3 is 2.38 bits per heavy atom. The summed E-state index contributed by atoms with van der Waals surface area (Å²) in [5, 5.41) is 3.10. The van der Waals surface area contributed by atoms with Gasteiger partial charge in [-0.15, -0.1) is 0 Å². The van der Waals surface area contributed by atoms with E-state index in [1.165, 1.54) is 0 Å². The lowest BCUT2D eigenvalue weighted by molar-refractivity contribution is -0.126. The molecule has 1 aromatic heterocycles. The molecule has 1 aliphatic heterocycles. The zero-order chi connectivity index (χ0) is 24.2. The number of aryl methyl sites for hydroxylation is 1. The van der Waals surface area contributed by atoms with Gasteiger partial charge in [-0.3, -0.25) is 9.59 Å². The number of benzene rings is 2. The number of carbonyl (C=O) groups excluding carboxylic acids is 2. The predicted molar refractivity (Wildman–Crippen MR) is 126 cm³/mol. The number of imidazole rings is 1. The van der Waals surface area contributed by atoms with Gasteiger partial charge in [-0.25, -0.2) is 4.98 Å². The molecular formula is C25H28N4O5. The molecule has 2 amide bonds. The first kappa shape index (κ1) is 23.2. The van der Waals surface area contributed by atoms with Crippen LogP contribution < -0.4 is 24.4 Å². The maximum atomic E-state index is 13.4. The van der Waals surface area contributed by atoms with Crippen molar-refractivity contribution in [1.29, 1.82) is 0 Å². The maximum absolute atomic E-state index is 13.4. The fourth-order valence-corrected chi connectivity index (χ4v) is 4.13. The van der Waals surface area contributed by atoms with Crippen LogP contribution in [-0.4, -0.2) is 49.2 Å². The van der Waals surface area contributed by atoms with E-state index in [9.17, 15) is 9.59 Å². The van der Waals surface area contributed by atoms with Gasteiger partial charge in [0, 0.05) is 38.5 Å². The predicted octanol–water partition coefficient (Wildman–Crippen LogP) is 2.70. The zero-order valence-electron chi connectivity index (χ0n) is 19.6. The van der Waals surface area contributed by atoms with Gasteiger partial charge in [0.05, 0.1) is 32.9 Å². The van der Waals surface area contributed by atoms with Gasteiger partial charge < -0.3 is 29.0 Å². The number of ether oxygens (including phenoxy) is 3. The standard InChI is InChI=1S/C25H28N4O5/c1-28-12-11-26-24(28)23(16-5-7-18(32-2)8-6-16)27-25(31)17-13-22(30)29(15-17)20-14-19(33-3)9-10-21(20)34-4/h5-12,14,17,23H,13,15H2,1-4H3,(H,27,31). The number of hydrogen-bond acceptors (Lipinski definition) is 6. The van der Waals surface area contributed by atoms with Crippen molar-refractivity contribution in [2.75, 3.05) is 32.8 Å². The lowest BCUT2D eigenvalue weighted by Gasteiger charge is -2.22. The fraction of sp³-hybridized carbons (Fsp3) is 0.320. The van der Waals surface area contributed by atoms with Gasteiger partial charge in [0.15, 0.2) is 0 Å². The Hall–Kier alpha value is -4.01. The summed E-state index contributed by atoms with van der Waals surface area (Å²) in [5.74, 6) is 1.66. The molecule has 9 heteroatoms. The Kier molecular flexibility index (Phi) is 6.72. The molecule has 34 heavy (non-hydrogen) atoms. The van der Waals surface area contributed by atoms with Crippen molar-refractivity contribution in [3.8, 4) is 17.2 Å². The molecule has 9 nitrogen and oxygen atoms in total. The second-order valence-electron chi connectivity index (χ2n) is 8.05. The highest BCUT2D eigenvalue weighted by atomic mass is 16.5. The molecule has 178 valence electrons. The second-order valence-corrected chi connectivity index (χ2v) is 8.05. The van der Waals surface area contributed by atoms with Gasteiger partial charge in [-0.1, -0.05) is 12.1 Å². The van der Waals surface area contributed by atoms with Gasteiger partial charge in [0.1, 0.15) is 29.1 Å². The first-order valence-corrected chi connectivity index (χ1v) is 10.9. The topological polar surface area (TPSA) is 94.9 Å². The highest BCUT2D eigenvalue weighted by Crippen LogP contribution is 2.36. The monoisotopic (exact) mass is 464 g/mol. The zero-order valence-corrected chi connectivity index (χ0v) is 19.6. The van der Waals surface area contributed by atoms with Crippen molar-refractivity contribution in [1.82, 2.24) is 14.9 Å². The molecule has 2 aromatic carbocycles. The molecule has 1 saturated heterocycles. The number of rotatable bonds is 8. The number of nitrogens with zero attached hydrogens (tertiary/aromatic N) is 3. The molecular weight excluding hydrogens is 436 g/mol. The van der Waals surface area contributed by atoms with Crippen LogP contribution in [0.2, 0.25) is 0 Å². The summed E-state index contributed by atoms with van der Waals surface area (Å²) >= 11 is 0. The van der Waals surface area contributed by atoms with E-state index in [1.807, 2.05) is 42.1 Å². The number of methoxy groups -OCH3 is 3. The minimum atomic E-state index is -0.524. The highest BCUT2D eigenvalue weighted by molar-refractivity contribution is 6.01. The van der Waals surface area contributed by atoms with Crippen molar-refractivity contribution < 1.29 is 23.8 Å². The lowest BCUT2D eigenvalue weighted by atomic mass is 10.0. The SMILES string of the molecule is COc1ccc(C(NC(=O)C2CC(=O)N(c3cc(OC)ccc3OC)C2)c2nccn2C)cc1. The summed E-state index contributed by atoms with van der Waals surface area (Å²) in [6.45, 7) is 0.240. The number of anilines is 1. The van der Waals surface area contributed by atoms with Crippen LogP contribution in [-0.2, 0) is 16.6 Å². The first-order valence-electron chi connectivity index (χ1n) is 10.9. The van der Waals surface area contributed by atoms with Crippen LogP contribution in [0.4, 0.5) is 5.69 Å². The average Bonchev–Trinajstić information content (AvgIpc) is 3.47. The van der Waals surface area contributed by atoms with Gasteiger partial charge in [0.25, 0.3) is 0 Å². The number of amides is 2. The van der Waals surface area contributed by atoms with Gasteiger partial charge in [-0.05, 0) is 29.8 Å². The van der Waals surface area contributed by atoms with Crippen LogP contribution in [0.5, 0.6) is 17.2 Å². The Morgan fingerprint density at radius 1 is 1.06 bits per heavy atom. The van der Waals surface area contributed by atoms with Crippen LogP contribution in [0.25, 0.3) is 0 Å². The summed E-state index contributed by atoms with van der Waals surface area (Å²) in [6.07, 6.45) is 3.61. The Balaban J connectivity index is 1.57. The summed E-state index contributed by atoms with van der Waals surface area (Å²) in [5.41, 5.74) is 1.44. The van der Waals surface area contributed by atoms with Gasteiger partial charge in [0.2, 0.25) is 11.8 Å². The Morgan fingerprint density at radius 2 is 1.76 bits per heavy atom. The first-order chi connectivity index (χ1) is 16.4. The third kappa shape index (κ3) is 4.54. The van der Waals surface area contributed by atoms with Crippen molar-refractivity contribution >= 4 is 17.5 Å². The molecule has 1 N–H and O–H groups in total. The molecule has 2 heterocycles. The second kappa shape index (κ2) is 9.86. The van der Waals surface area contributed by atoms with E-state index in [1.54, 1.807) is 50.6 Å². The van der Waals surface area contributed by atoms with E-state index in [0.717, 1.165) is 11.3 Å². The van der Waals surface area contributed by atoms with Crippen LogP contribution >= 0.6 is 0 Å². The normalized spacial score (nSPS) is 16.3. The number of carbonyl (C=O) groups is 2. The van der Waals surface area contributed by atoms with Crippen molar-refractivity contribution in [2.45, 2.75) is 12.5 Å². The molecule has 0 aliphatic carbocycles. The van der Waals surface area contributed by atoms with Crippen LogP contribution in [0.15, 0.2) is 54.9 Å². The smallest absolute Gasteiger partial charge is 0.227 e. The molecule has 2 unspecified atom stereocenters. The molecule has 0 radical (unpaired) electrons. The summed E-state index contributed by atoms with van der Waals surface area (Å²) in [7, 11) is 6.58. The van der Waals surface area contributed by atoms with Crippen molar-refractivity contribution in [2.24, 2.45) is 13.0 Å². The third-order valence-corrected chi connectivity index (χ3v) is 6.03. The van der Waals surface area contributed by atoms with Crippen LogP contribution in [0.1, 0.15) is 23.9 Å². The third-order valence-electron chi connectivity index (χ3n) is 6.03. The highest BCUT2D eigenvalue weighted by Gasteiger charge is 2.37. The molecule has 3 aromatic rings. The van der Waals surface area contributed by atoms with E-state index < -0.39 is 12.0 Å². The molecule has 0 bridgehead atoms. The molecule has 2 atom stereocenters. The number of nitrogens with one attached hydrogen (secondary N) is 1. The van der Waals surface area contributed by atoms with E-state index in [4.69, 9.17) is 14.2 Å². The summed E-state index contributed by atoms with van der Waals surface area (Å²) < 4.78 is 17.9. The molecule has 1 fully saturated rings.